The number of ether oxygens (including phenoxy) is 1. The molecule has 21 heavy (non-hydrogen) atoms. The monoisotopic (exact) mass is 291 g/mol. The Balaban J connectivity index is 2.05. The maximum atomic E-state index is 11.5. The highest BCUT2D eigenvalue weighted by Crippen LogP contribution is 2.21. The third-order valence-electron chi connectivity index (χ3n) is 2.94. The Morgan fingerprint density at radius 1 is 1.38 bits per heavy atom. The van der Waals surface area contributed by atoms with Crippen molar-refractivity contribution in [3.8, 4) is 5.75 Å². The number of rotatable bonds is 6. The zero-order valence-corrected chi connectivity index (χ0v) is 11.7. The second-order valence-electron chi connectivity index (χ2n) is 4.50. The summed E-state index contributed by atoms with van der Waals surface area (Å²) in [6.07, 6.45) is 0.272. The second-order valence-corrected chi connectivity index (χ2v) is 4.50. The van der Waals surface area contributed by atoms with Crippen molar-refractivity contribution in [2.75, 3.05) is 13.2 Å². The molecule has 0 fully saturated rings. The predicted molar refractivity (Wildman–Crippen MR) is 77.1 cm³/mol. The van der Waals surface area contributed by atoms with Crippen molar-refractivity contribution in [1.82, 2.24) is 5.32 Å². The number of phenols is 1. The Labute approximate surface area is 121 Å². The van der Waals surface area contributed by atoms with Gasteiger partial charge in [0.05, 0.1) is 13.0 Å². The van der Waals surface area contributed by atoms with Gasteiger partial charge in [-0.2, -0.15) is 0 Å². The third kappa shape index (κ3) is 4.06. The van der Waals surface area contributed by atoms with E-state index in [-0.39, 0.29) is 18.1 Å². The summed E-state index contributed by atoms with van der Waals surface area (Å²) < 4.78 is 9.87. The lowest BCUT2D eigenvalue weighted by Crippen LogP contribution is -2.19. The topological polar surface area (TPSA) is 88.8 Å². The number of nitrogens with one attached hydrogen (secondary N) is 1. The quantitative estimate of drug-likeness (QED) is 0.477. The molecule has 0 aliphatic carbocycles. The highest BCUT2D eigenvalue weighted by Gasteiger charge is 2.07. The van der Waals surface area contributed by atoms with Crippen molar-refractivity contribution in [1.29, 1.82) is 0 Å². The van der Waals surface area contributed by atoms with Crippen LogP contribution in [0.1, 0.15) is 18.9 Å². The van der Waals surface area contributed by atoms with Crippen LogP contribution >= 0.6 is 0 Å². The van der Waals surface area contributed by atoms with Crippen LogP contribution in [0.3, 0.4) is 0 Å². The largest absolute Gasteiger partial charge is 0.508 e. The number of phenolic OH excluding ortho intramolecular Hbond substituents is 1. The summed E-state index contributed by atoms with van der Waals surface area (Å²) in [5.74, 6) is -0.217. The number of carbonyl (C=O) groups is 1. The van der Waals surface area contributed by atoms with Crippen molar-refractivity contribution >= 4 is 16.9 Å². The maximum absolute atomic E-state index is 11.5. The minimum Gasteiger partial charge on any atom is -0.508 e. The number of aromatic hydroxyl groups is 1. The molecule has 2 aromatic rings. The number of carbonyl (C=O) groups excluding carboxylic acids is 1. The van der Waals surface area contributed by atoms with Crippen LogP contribution in [0.15, 0.2) is 33.5 Å². The molecule has 0 unspecified atom stereocenters. The van der Waals surface area contributed by atoms with Gasteiger partial charge in [0.25, 0.3) is 0 Å². The van der Waals surface area contributed by atoms with Gasteiger partial charge in [0.15, 0.2) is 0 Å². The fourth-order valence-electron chi connectivity index (χ4n) is 2.01. The Morgan fingerprint density at radius 2 is 2.19 bits per heavy atom. The molecule has 2 N–H and O–H groups in total. The fourth-order valence-corrected chi connectivity index (χ4v) is 2.01. The molecule has 0 aliphatic rings. The van der Waals surface area contributed by atoms with Gasteiger partial charge in [-0.1, -0.05) is 0 Å². The van der Waals surface area contributed by atoms with Gasteiger partial charge in [0, 0.05) is 30.6 Å². The lowest BCUT2D eigenvalue weighted by molar-refractivity contribution is -0.142. The molecule has 1 aromatic carbocycles. The van der Waals surface area contributed by atoms with Crippen molar-refractivity contribution in [2.45, 2.75) is 19.9 Å². The lowest BCUT2D eigenvalue weighted by Gasteiger charge is -2.07. The zero-order valence-electron chi connectivity index (χ0n) is 11.7. The van der Waals surface area contributed by atoms with Crippen LogP contribution in [0.4, 0.5) is 0 Å². The lowest BCUT2D eigenvalue weighted by atomic mass is 10.1. The Morgan fingerprint density at radius 3 is 2.95 bits per heavy atom. The predicted octanol–water partition coefficient (Wildman–Crippen LogP) is 1.54. The van der Waals surface area contributed by atoms with Gasteiger partial charge in [0.1, 0.15) is 11.3 Å². The van der Waals surface area contributed by atoms with E-state index < -0.39 is 5.63 Å². The minimum atomic E-state index is -0.477. The summed E-state index contributed by atoms with van der Waals surface area (Å²) in [6, 6.07) is 6.02. The SMILES string of the molecule is CCOC(=O)CCNCc1cc(=O)oc2cc(O)ccc12. The summed E-state index contributed by atoms with van der Waals surface area (Å²) in [5.41, 5.74) is 0.616. The molecule has 0 saturated carbocycles. The van der Waals surface area contributed by atoms with Crippen molar-refractivity contribution in [2.24, 2.45) is 0 Å². The van der Waals surface area contributed by atoms with Crippen LogP contribution in [0, 0.1) is 0 Å². The first-order valence-corrected chi connectivity index (χ1v) is 6.72. The van der Waals surface area contributed by atoms with E-state index in [1.807, 2.05) is 0 Å². The van der Waals surface area contributed by atoms with Crippen LogP contribution < -0.4 is 10.9 Å². The highest BCUT2D eigenvalue weighted by atomic mass is 16.5. The average Bonchev–Trinajstić information content (AvgIpc) is 2.43. The van der Waals surface area contributed by atoms with E-state index >= 15 is 0 Å². The summed E-state index contributed by atoms with van der Waals surface area (Å²) in [5, 5.41) is 13.2. The smallest absolute Gasteiger partial charge is 0.336 e. The molecular weight excluding hydrogens is 274 g/mol. The summed E-state index contributed by atoms with van der Waals surface area (Å²) in [4.78, 5) is 22.7. The standard InChI is InChI=1S/C15H17NO5/c1-2-20-14(18)5-6-16-9-10-7-15(19)21-13-8-11(17)3-4-12(10)13/h3-4,7-8,16-17H,2,5-6,9H2,1H3. The molecule has 0 aliphatic heterocycles. The highest BCUT2D eigenvalue weighted by molar-refractivity contribution is 5.81. The Bertz CT molecular complexity index is 692. The van der Waals surface area contributed by atoms with E-state index in [0.717, 1.165) is 10.9 Å². The first-order valence-electron chi connectivity index (χ1n) is 6.72. The normalized spacial score (nSPS) is 10.7. The maximum Gasteiger partial charge on any atom is 0.336 e. The molecule has 1 aromatic heterocycles. The number of benzene rings is 1. The van der Waals surface area contributed by atoms with Crippen molar-refractivity contribution in [3.05, 3.63) is 40.2 Å². The molecule has 6 nitrogen and oxygen atoms in total. The van der Waals surface area contributed by atoms with Crippen molar-refractivity contribution in [3.63, 3.8) is 0 Å². The number of fused-ring (bicyclic) bond motifs is 1. The third-order valence-corrected chi connectivity index (χ3v) is 2.94. The number of hydrogen-bond acceptors (Lipinski definition) is 6. The molecule has 0 amide bonds. The van der Waals surface area contributed by atoms with Gasteiger partial charge in [-0.05, 0) is 24.6 Å². The van der Waals surface area contributed by atoms with Gasteiger partial charge in [-0.25, -0.2) is 4.79 Å². The molecule has 0 saturated heterocycles. The first-order chi connectivity index (χ1) is 10.1. The van der Waals surface area contributed by atoms with Crippen molar-refractivity contribution < 1.29 is 19.1 Å². The van der Waals surface area contributed by atoms with Gasteiger partial charge >= 0.3 is 11.6 Å². The fraction of sp³-hybridized carbons (Fsp3) is 0.333. The molecule has 0 atom stereocenters. The van der Waals surface area contributed by atoms with E-state index in [0.29, 0.717) is 25.3 Å². The number of esters is 1. The van der Waals surface area contributed by atoms with Gasteiger partial charge in [-0.3, -0.25) is 4.79 Å². The molecule has 0 spiro atoms. The van der Waals surface area contributed by atoms with E-state index in [1.165, 1.54) is 18.2 Å². The van der Waals surface area contributed by atoms with Crippen LogP contribution in [0.25, 0.3) is 11.0 Å². The van der Waals surface area contributed by atoms with E-state index in [9.17, 15) is 14.7 Å². The molecule has 112 valence electrons. The molecular formula is C15H17NO5. The molecule has 2 rings (SSSR count). The number of hydrogen-bond donors (Lipinski definition) is 2. The molecule has 0 radical (unpaired) electrons. The molecule has 1 heterocycles. The van der Waals surface area contributed by atoms with E-state index in [2.05, 4.69) is 5.32 Å². The van der Waals surface area contributed by atoms with Gasteiger partial charge in [-0.15, -0.1) is 0 Å². The van der Waals surface area contributed by atoms with E-state index in [4.69, 9.17) is 9.15 Å². The zero-order chi connectivity index (χ0) is 15.2. The average molecular weight is 291 g/mol. The first kappa shape index (κ1) is 15.1. The summed E-state index contributed by atoms with van der Waals surface area (Å²) in [7, 11) is 0. The van der Waals surface area contributed by atoms with Crippen LogP contribution in [0.2, 0.25) is 0 Å². The van der Waals surface area contributed by atoms with Crippen LogP contribution in [0.5, 0.6) is 5.75 Å². The Kier molecular flexibility index (Phi) is 4.94. The minimum absolute atomic E-state index is 0.0399. The van der Waals surface area contributed by atoms with Gasteiger partial charge < -0.3 is 19.6 Å². The molecule has 6 heteroatoms. The van der Waals surface area contributed by atoms with Gasteiger partial charge in [0.2, 0.25) is 0 Å². The summed E-state index contributed by atoms with van der Waals surface area (Å²) in [6.45, 7) is 3.01. The van der Waals surface area contributed by atoms with Crippen LogP contribution in [-0.4, -0.2) is 24.2 Å². The van der Waals surface area contributed by atoms with Crippen LogP contribution in [-0.2, 0) is 16.1 Å². The van der Waals surface area contributed by atoms with E-state index in [1.54, 1.807) is 13.0 Å². The summed E-state index contributed by atoms with van der Waals surface area (Å²) >= 11 is 0. The molecule has 0 bridgehead atoms. The second kappa shape index (κ2) is 6.90. The Hall–Kier alpha value is -2.34.